The topological polar surface area (TPSA) is 68.0 Å². The van der Waals surface area contributed by atoms with Crippen LogP contribution in [0.4, 0.5) is 13.2 Å². The smallest absolute Gasteiger partial charge is 0.405 e. The molecule has 1 amide bonds. The highest BCUT2D eigenvalue weighted by atomic mass is 32.2. The van der Waals surface area contributed by atoms with Gasteiger partial charge in [-0.15, -0.1) is 10.2 Å². The summed E-state index contributed by atoms with van der Waals surface area (Å²) < 4.78 is 41.9. The zero-order chi connectivity index (χ0) is 19.5. The number of rotatable bonds is 5. The summed E-state index contributed by atoms with van der Waals surface area (Å²) in [6.45, 7) is 6.42. The van der Waals surface area contributed by atoms with Gasteiger partial charge in [0.05, 0.1) is 5.25 Å². The number of halogens is 3. The summed E-state index contributed by atoms with van der Waals surface area (Å²) in [7, 11) is 0. The van der Waals surface area contributed by atoms with Gasteiger partial charge in [-0.25, -0.2) is 0 Å². The van der Waals surface area contributed by atoms with Gasteiger partial charge in [0.1, 0.15) is 6.54 Å². The Labute approximate surface area is 153 Å². The van der Waals surface area contributed by atoms with Crippen molar-refractivity contribution in [3.8, 4) is 11.5 Å². The summed E-state index contributed by atoms with van der Waals surface area (Å²) in [5.41, 5.74) is 1.91. The molecule has 1 N–H and O–H groups in total. The average Bonchev–Trinajstić information content (AvgIpc) is 2.99. The summed E-state index contributed by atoms with van der Waals surface area (Å²) in [5.74, 6) is -0.461. The summed E-state index contributed by atoms with van der Waals surface area (Å²) >= 11 is 0.905. The molecule has 0 radical (unpaired) electrons. The second-order valence-electron chi connectivity index (χ2n) is 6.79. The van der Waals surface area contributed by atoms with E-state index in [-0.39, 0.29) is 16.5 Å². The van der Waals surface area contributed by atoms with Crippen LogP contribution in [-0.4, -0.2) is 34.1 Å². The van der Waals surface area contributed by atoms with Crippen molar-refractivity contribution in [3.63, 3.8) is 0 Å². The highest BCUT2D eigenvalue weighted by Gasteiger charge is 2.29. The molecule has 26 heavy (non-hydrogen) atoms. The first-order valence-corrected chi connectivity index (χ1v) is 8.79. The standard InChI is InChI=1S/C17H20F3N3O2S/c1-10(13(24)21-9-17(18,19)20)26-15-23-22-14(25-15)11-5-7-12(8-6-11)16(2,3)4/h5-8,10H,9H2,1-4H3,(H,21,24). The van der Waals surface area contributed by atoms with Crippen LogP contribution in [-0.2, 0) is 10.2 Å². The average molecular weight is 387 g/mol. The van der Waals surface area contributed by atoms with Gasteiger partial charge in [0, 0.05) is 5.56 Å². The van der Waals surface area contributed by atoms with Gasteiger partial charge in [-0.05, 0) is 30.0 Å². The number of thioether (sulfide) groups is 1. The zero-order valence-corrected chi connectivity index (χ0v) is 15.7. The molecule has 0 aliphatic rings. The second kappa shape index (κ2) is 7.69. The normalized spacial score (nSPS) is 13.5. The number of nitrogens with zero attached hydrogens (tertiary/aromatic N) is 2. The first-order valence-electron chi connectivity index (χ1n) is 7.91. The maximum absolute atomic E-state index is 12.1. The van der Waals surface area contributed by atoms with Gasteiger partial charge in [0.25, 0.3) is 5.22 Å². The van der Waals surface area contributed by atoms with Crippen molar-refractivity contribution in [3.05, 3.63) is 29.8 Å². The fraction of sp³-hybridized carbons (Fsp3) is 0.471. The highest BCUT2D eigenvalue weighted by Crippen LogP contribution is 2.28. The van der Waals surface area contributed by atoms with Crippen LogP contribution in [0.3, 0.4) is 0 Å². The van der Waals surface area contributed by atoms with Gasteiger partial charge >= 0.3 is 6.18 Å². The Balaban J connectivity index is 2.00. The second-order valence-corrected chi connectivity index (χ2v) is 8.09. The summed E-state index contributed by atoms with van der Waals surface area (Å²) in [6.07, 6.45) is -4.45. The van der Waals surface area contributed by atoms with Crippen molar-refractivity contribution in [1.82, 2.24) is 15.5 Å². The first-order chi connectivity index (χ1) is 12.0. The zero-order valence-electron chi connectivity index (χ0n) is 14.8. The SMILES string of the molecule is CC(Sc1nnc(-c2ccc(C(C)(C)C)cc2)o1)C(=O)NCC(F)(F)F. The van der Waals surface area contributed by atoms with Crippen molar-refractivity contribution in [2.75, 3.05) is 6.54 Å². The van der Waals surface area contributed by atoms with Crippen LogP contribution in [0, 0.1) is 0 Å². The van der Waals surface area contributed by atoms with Crippen LogP contribution in [0.25, 0.3) is 11.5 Å². The van der Waals surface area contributed by atoms with E-state index in [1.54, 1.807) is 0 Å². The van der Waals surface area contributed by atoms with Gasteiger partial charge in [0.15, 0.2) is 0 Å². The lowest BCUT2D eigenvalue weighted by atomic mass is 9.87. The molecule has 1 unspecified atom stereocenters. The number of alkyl halides is 3. The van der Waals surface area contributed by atoms with Gasteiger partial charge in [0.2, 0.25) is 11.8 Å². The minimum atomic E-state index is -4.45. The lowest BCUT2D eigenvalue weighted by Gasteiger charge is -2.18. The van der Waals surface area contributed by atoms with E-state index in [0.717, 1.165) is 22.9 Å². The van der Waals surface area contributed by atoms with E-state index in [2.05, 4.69) is 31.0 Å². The van der Waals surface area contributed by atoms with Crippen molar-refractivity contribution in [2.24, 2.45) is 0 Å². The van der Waals surface area contributed by atoms with Crippen molar-refractivity contribution < 1.29 is 22.4 Å². The van der Waals surface area contributed by atoms with Crippen LogP contribution < -0.4 is 5.32 Å². The summed E-state index contributed by atoms with van der Waals surface area (Å²) in [6, 6.07) is 7.67. The minimum absolute atomic E-state index is 0.0214. The molecule has 1 aromatic carbocycles. The molecule has 2 rings (SSSR count). The minimum Gasteiger partial charge on any atom is -0.411 e. The maximum Gasteiger partial charge on any atom is 0.405 e. The molecular weight excluding hydrogens is 367 g/mol. The van der Waals surface area contributed by atoms with Gasteiger partial charge in [-0.2, -0.15) is 13.2 Å². The number of carbonyl (C=O) groups is 1. The third-order valence-electron chi connectivity index (χ3n) is 3.51. The maximum atomic E-state index is 12.1. The molecule has 1 aromatic heterocycles. The number of aromatic nitrogens is 2. The van der Waals surface area contributed by atoms with Gasteiger partial charge < -0.3 is 9.73 Å². The predicted octanol–water partition coefficient (Wildman–Crippen LogP) is 4.19. The van der Waals surface area contributed by atoms with E-state index in [4.69, 9.17) is 4.42 Å². The molecule has 0 spiro atoms. The molecule has 1 heterocycles. The lowest BCUT2D eigenvalue weighted by molar-refractivity contribution is -0.137. The molecule has 0 saturated carbocycles. The first kappa shape index (κ1) is 20.3. The molecule has 142 valence electrons. The Morgan fingerprint density at radius 3 is 2.35 bits per heavy atom. The predicted molar refractivity (Wildman–Crippen MR) is 92.8 cm³/mol. The van der Waals surface area contributed by atoms with Crippen molar-refractivity contribution in [2.45, 2.75) is 49.8 Å². The number of nitrogens with one attached hydrogen (secondary N) is 1. The Bertz CT molecular complexity index is 752. The Morgan fingerprint density at radius 2 is 1.81 bits per heavy atom. The molecule has 0 aliphatic heterocycles. The van der Waals surface area contributed by atoms with E-state index in [1.807, 2.05) is 29.6 Å². The lowest BCUT2D eigenvalue weighted by Crippen LogP contribution is -2.37. The third-order valence-corrected chi connectivity index (χ3v) is 4.45. The van der Waals surface area contributed by atoms with Crippen LogP contribution >= 0.6 is 11.8 Å². The van der Waals surface area contributed by atoms with Gasteiger partial charge in [-0.3, -0.25) is 4.79 Å². The largest absolute Gasteiger partial charge is 0.411 e. The van der Waals surface area contributed by atoms with Crippen LogP contribution in [0.15, 0.2) is 33.9 Å². The monoisotopic (exact) mass is 387 g/mol. The molecule has 9 heteroatoms. The number of carbonyl (C=O) groups excluding carboxylic acids is 1. The highest BCUT2D eigenvalue weighted by molar-refractivity contribution is 8.00. The molecule has 2 aromatic rings. The summed E-state index contributed by atoms with van der Waals surface area (Å²) in [5, 5.41) is 8.92. The number of hydrogen-bond donors (Lipinski definition) is 1. The molecule has 0 bridgehead atoms. The molecule has 5 nitrogen and oxygen atoms in total. The fourth-order valence-corrected chi connectivity index (χ4v) is 2.73. The number of amides is 1. The van der Waals surface area contributed by atoms with E-state index in [9.17, 15) is 18.0 Å². The number of hydrogen-bond acceptors (Lipinski definition) is 5. The van der Waals surface area contributed by atoms with Crippen LogP contribution in [0.5, 0.6) is 0 Å². The fourth-order valence-electron chi connectivity index (χ4n) is 2.02. The van der Waals surface area contributed by atoms with E-state index >= 15 is 0 Å². The molecule has 0 aliphatic carbocycles. The Hall–Kier alpha value is -2.03. The summed E-state index contributed by atoms with van der Waals surface area (Å²) in [4.78, 5) is 11.7. The molecule has 1 atom stereocenters. The van der Waals surface area contributed by atoms with Gasteiger partial charge in [-0.1, -0.05) is 44.7 Å². The molecular formula is C17H20F3N3O2S. The van der Waals surface area contributed by atoms with Crippen molar-refractivity contribution in [1.29, 1.82) is 0 Å². The van der Waals surface area contributed by atoms with Crippen molar-refractivity contribution >= 4 is 17.7 Å². The third kappa shape index (κ3) is 5.76. The van der Waals surface area contributed by atoms with Crippen LogP contribution in [0.1, 0.15) is 33.3 Å². The quantitative estimate of drug-likeness (QED) is 0.779. The van der Waals surface area contributed by atoms with E-state index in [1.165, 1.54) is 6.92 Å². The Kier molecular flexibility index (Phi) is 6.00. The molecule has 0 saturated heterocycles. The van der Waals surface area contributed by atoms with Crippen LogP contribution in [0.2, 0.25) is 0 Å². The Morgan fingerprint density at radius 1 is 1.19 bits per heavy atom. The molecule has 0 fully saturated rings. The van der Waals surface area contributed by atoms with E-state index < -0.39 is 23.9 Å². The van der Waals surface area contributed by atoms with E-state index in [0.29, 0.717) is 0 Å². The number of benzene rings is 1.